The lowest BCUT2D eigenvalue weighted by Crippen LogP contribution is -2.23. The number of hydrogen-bond donors (Lipinski definition) is 2. The van der Waals surface area contributed by atoms with Gasteiger partial charge in [0, 0.05) is 12.6 Å². The van der Waals surface area contributed by atoms with Crippen molar-refractivity contribution in [1.82, 2.24) is 4.57 Å². The van der Waals surface area contributed by atoms with Crippen LogP contribution in [0.15, 0.2) is 50.8 Å². The molecule has 2 aromatic heterocycles. The summed E-state index contributed by atoms with van der Waals surface area (Å²) in [4.78, 5) is 12.3. The Bertz CT molecular complexity index is 1030. The zero-order valence-corrected chi connectivity index (χ0v) is 16.1. The molecule has 8 heteroatoms. The van der Waals surface area contributed by atoms with E-state index in [-0.39, 0.29) is 11.2 Å². The van der Waals surface area contributed by atoms with Gasteiger partial charge in [0.1, 0.15) is 15.8 Å². The molecule has 5 nitrogen and oxygen atoms in total. The molecule has 0 saturated carbocycles. The molecule has 0 spiro atoms. The van der Waals surface area contributed by atoms with Gasteiger partial charge < -0.3 is 5.32 Å². The third kappa shape index (κ3) is 3.71. The average molecular weight is 391 g/mol. The molecule has 136 valence electrons. The normalized spacial score (nSPS) is 12.0. The second-order valence-electron chi connectivity index (χ2n) is 5.86. The maximum atomic E-state index is 14.2. The Morgan fingerprint density at radius 1 is 1.15 bits per heavy atom. The lowest BCUT2D eigenvalue weighted by atomic mass is 10.2. The van der Waals surface area contributed by atoms with Crippen molar-refractivity contribution in [3.8, 4) is 0 Å². The Morgan fingerprint density at radius 2 is 1.92 bits per heavy atom. The first kappa shape index (κ1) is 18.3. The van der Waals surface area contributed by atoms with Crippen molar-refractivity contribution in [3.05, 3.63) is 69.1 Å². The summed E-state index contributed by atoms with van der Waals surface area (Å²) < 4.78 is 31.7. The van der Waals surface area contributed by atoms with E-state index < -0.39 is 16.8 Å². The van der Waals surface area contributed by atoms with Crippen LogP contribution in [0.2, 0.25) is 0 Å². The second-order valence-corrected chi connectivity index (χ2v) is 8.25. The van der Waals surface area contributed by atoms with Crippen LogP contribution < -0.4 is 15.6 Å². The molecule has 2 heterocycles. The number of anilines is 3. The number of thiophene rings is 1. The molecule has 0 bridgehead atoms. The van der Waals surface area contributed by atoms with E-state index in [1.54, 1.807) is 45.2 Å². The van der Waals surface area contributed by atoms with Gasteiger partial charge in [-0.1, -0.05) is 12.1 Å². The number of rotatable bonds is 5. The topological polar surface area (TPSA) is 63.1 Å². The number of aryl methyl sites for hydroxylation is 2. The number of hydrogen-bond acceptors (Lipinski definition) is 4. The molecular formula is C18H18FN3O2S2. The van der Waals surface area contributed by atoms with Crippen LogP contribution >= 0.6 is 11.3 Å². The van der Waals surface area contributed by atoms with E-state index in [2.05, 4.69) is 10.0 Å². The third-order valence-corrected chi connectivity index (χ3v) is 6.16. The predicted molar refractivity (Wildman–Crippen MR) is 105 cm³/mol. The van der Waals surface area contributed by atoms with Gasteiger partial charge in [0.25, 0.3) is 5.56 Å². The predicted octanol–water partition coefficient (Wildman–Crippen LogP) is 4.08. The quantitative estimate of drug-likeness (QED) is 0.689. The van der Waals surface area contributed by atoms with Crippen LogP contribution in [0.1, 0.15) is 11.1 Å². The van der Waals surface area contributed by atoms with E-state index in [1.807, 2.05) is 11.4 Å². The van der Waals surface area contributed by atoms with Crippen molar-refractivity contribution < 1.29 is 8.60 Å². The number of benzene rings is 1. The van der Waals surface area contributed by atoms with E-state index in [9.17, 15) is 13.4 Å². The maximum Gasteiger partial charge on any atom is 0.254 e. The molecule has 0 fully saturated rings. The summed E-state index contributed by atoms with van der Waals surface area (Å²) in [5.74, 6) is -0.0865. The van der Waals surface area contributed by atoms with Gasteiger partial charge in [-0.05, 0) is 49.1 Å². The fraction of sp³-hybridized carbons (Fsp3) is 0.167. The highest BCUT2D eigenvalue weighted by Gasteiger charge is 2.15. The van der Waals surface area contributed by atoms with Crippen LogP contribution in [0.25, 0.3) is 0 Å². The lowest BCUT2D eigenvalue weighted by Gasteiger charge is -2.18. The summed E-state index contributed by atoms with van der Waals surface area (Å²) in [6.07, 6.45) is 0. The van der Waals surface area contributed by atoms with Gasteiger partial charge in [0.05, 0.1) is 11.4 Å². The first-order valence-electron chi connectivity index (χ1n) is 7.82. The molecule has 26 heavy (non-hydrogen) atoms. The summed E-state index contributed by atoms with van der Waals surface area (Å²) in [5, 5.41) is 4.78. The number of nitrogens with zero attached hydrogens (tertiary/aromatic N) is 1. The Hall–Kier alpha value is -2.45. The summed E-state index contributed by atoms with van der Waals surface area (Å²) in [6.45, 7) is 3.48. The van der Waals surface area contributed by atoms with Gasteiger partial charge >= 0.3 is 0 Å². The van der Waals surface area contributed by atoms with Crippen LogP contribution in [0.4, 0.5) is 21.6 Å². The van der Waals surface area contributed by atoms with Crippen LogP contribution in [-0.2, 0) is 18.0 Å². The summed E-state index contributed by atoms with van der Waals surface area (Å²) in [7, 11) is 0.102. The molecule has 0 aliphatic carbocycles. The molecule has 1 unspecified atom stereocenters. The molecule has 0 aliphatic heterocycles. The highest BCUT2D eigenvalue weighted by molar-refractivity contribution is 7.88. The van der Waals surface area contributed by atoms with Crippen LogP contribution in [0, 0.1) is 19.7 Å². The standard InChI is InChI=1S/C18H18FN3O2S2/c1-11-6-7-14(13(19)9-11)20-17-15(10-12(2)18(23)22(17)3)21-26(24)16-5-4-8-25-16/h4-10,20-21H,1-3H3. The van der Waals surface area contributed by atoms with Gasteiger partial charge in [0.15, 0.2) is 11.0 Å². The number of nitrogens with one attached hydrogen (secondary N) is 2. The Morgan fingerprint density at radius 3 is 2.58 bits per heavy atom. The largest absolute Gasteiger partial charge is 0.337 e. The van der Waals surface area contributed by atoms with E-state index in [1.165, 1.54) is 22.0 Å². The van der Waals surface area contributed by atoms with Crippen LogP contribution in [0.5, 0.6) is 0 Å². The molecule has 2 N–H and O–H groups in total. The lowest BCUT2D eigenvalue weighted by molar-refractivity contribution is 0.630. The monoisotopic (exact) mass is 391 g/mol. The molecule has 0 amide bonds. The van der Waals surface area contributed by atoms with E-state index in [0.717, 1.165) is 5.56 Å². The molecule has 0 radical (unpaired) electrons. The first-order chi connectivity index (χ1) is 12.4. The molecule has 0 aliphatic rings. The SMILES string of the molecule is Cc1ccc(Nc2c(NS(=O)c3cccs3)cc(C)c(=O)n2C)c(F)c1. The van der Waals surface area contributed by atoms with Crippen LogP contribution in [0.3, 0.4) is 0 Å². The van der Waals surface area contributed by atoms with Crippen molar-refractivity contribution in [1.29, 1.82) is 0 Å². The number of aromatic nitrogens is 1. The first-order valence-corrected chi connectivity index (χ1v) is 9.85. The average Bonchev–Trinajstić information content (AvgIpc) is 3.13. The van der Waals surface area contributed by atoms with Crippen LogP contribution in [-0.4, -0.2) is 8.78 Å². The van der Waals surface area contributed by atoms with Crippen molar-refractivity contribution in [3.63, 3.8) is 0 Å². The molecular weight excluding hydrogens is 373 g/mol. The summed E-state index contributed by atoms with van der Waals surface area (Å²) in [6, 6.07) is 9.97. The van der Waals surface area contributed by atoms with Crippen molar-refractivity contribution in [2.45, 2.75) is 18.1 Å². The smallest absolute Gasteiger partial charge is 0.254 e. The van der Waals surface area contributed by atoms with Crippen molar-refractivity contribution in [2.24, 2.45) is 7.05 Å². The minimum atomic E-state index is -1.48. The minimum Gasteiger partial charge on any atom is -0.337 e. The van der Waals surface area contributed by atoms with Gasteiger partial charge in [0.2, 0.25) is 0 Å². The Kier molecular flexibility index (Phi) is 5.24. The van der Waals surface area contributed by atoms with Gasteiger partial charge in [-0.3, -0.25) is 14.1 Å². The molecule has 1 atom stereocenters. The van der Waals surface area contributed by atoms with Gasteiger partial charge in [-0.15, -0.1) is 11.3 Å². The summed E-state index contributed by atoms with van der Waals surface area (Å²) in [5.41, 5.74) is 1.76. The molecule has 3 rings (SSSR count). The van der Waals surface area contributed by atoms with Crippen molar-refractivity contribution >= 4 is 39.5 Å². The van der Waals surface area contributed by atoms with E-state index in [4.69, 9.17) is 0 Å². The van der Waals surface area contributed by atoms with E-state index in [0.29, 0.717) is 21.3 Å². The fourth-order valence-corrected chi connectivity index (χ4v) is 4.24. The molecule has 3 aromatic rings. The van der Waals surface area contributed by atoms with Crippen molar-refractivity contribution in [2.75, 3.05) is 10.0 Å². The zero-order chi connectivity index (χ0) is 18.8. The Labute approximate surface area is 157 Å². The van der Waals surface area contributed by atoms with Gasteiger partial charge in [-0.25, -0.2) is 8.60 Å². The molecule has 1 aromatic carbocycles. The maximum absolute atomic E-state index is 14.2. The Balaban J connectivity index is 2.03. The highest BCUT2D eigenvalue weighted by Crippen LogP contribution is 2.28. The minimum absolute atomic E-state index is 0.215. The third-order valence-electron chi connectivity index (χ3n) is 3.85. The molecule has 0 saturated heterocycles. The number of halogens is 1. The van der Waals surface area contributed by atoms with E-state index >= 15 is 0 Å². The second kappa shape index (κ2) is 7.43. The number of pyridine rings is 1. The zero-order valence-electron chi connectivity index (χ0n) is 14.5. The summed E-state index contributed by atoms with van der Waals surface area (Å²) >= 11 is 1.36. The van der Waals surface area contributed by atoms with Gasteiger partial charge in [-0.2, -0.15) is 0 Å². The fourth-order valence-electron chi connectivity index (χ4n) is 2.49. The highest BCUT2D eigenvalue weighted by atomic mass is 32.2.